The lowest BCUT2D eigenvalue weighted by Gasteiger charge is -2.21. The molecule has 7 heteroatoms. The van der Waals surface area contributed by atoms with Crippen molar-refractivity contribution in [3.05, 3.63) is 59.3 Å². The smallest absolute Gasteiger partial charge is 0.233 e. The van der Waals surface area contributed by atoms with Gasteiger partial charge in [-0.2, -0.15) is 0 Å². The van der Waals surface area contributed by atoms with Crippen LogP contribution in [0.25, 0.3) is 0 Å². The van der Waals surface area contributed by atoms with Gasteiger partial charge in [-0.15, -0.1) is 0 Å². The van der Waals surface area contributed by atoms with E-state index in [0.29, 0.717) is 17.3 Å². The van der Waals surface area contributed by atoms with Crippen molar-refractivity contribution in [3.63, 3.8) is 0 Å². The van der Waals surface area contributed by atoms with Gasteiger partial charge in [-0.05, 0) is 35.1 Å². The molecule has 3 N–H and O–H groups in total. The number of rotatable bonds is 8. The lowest BCUT2D eigenvalue weighted by Crippen LogP contribution is -2.23. The number of aliphatic hydroxyl groups excluding tert-OH is 1. The second-order valence-electron chi connectivity index (χ2n) is 7.35. The number of carbonyl (C=O) groups excluding carboxylic acids is 1. The van der Waals surface area contributed by atoms with E-state index >= 15 is 0 Å². The van der Waals surface area contributed by atoms with Gasteiger partial charge in [0.2, 0.25) is 5.91 Å². The fraction of sp³-hybridized carbons (Fsp3) is 0.429. The maximum atomic E-state index is 13.0. The van der Waals surface area contributed by atoms with Gasteiger partial charge in [0, 0.05) is 6.20 Å². The molecule has 0 radical (unpaired) electrons. The van der Waals surface area contributed by atoms with Crippen LogP contribution in [0.1, 0.15) is 54.7 Å². The minimum Gasteiger partial charge on any atom is -0.392 e. The van der Waals surface area contributed by atoms with E-state index in [1.54, 1.807) is 18.3 Å². The summed E-state index contributed by atoms with van der Waals surface area (Å²) in [4.78, 5) is 17.2. The summed E-state index contributed by atoms with van der Waals surface area (Å²) in [6.07, 6.45) is 7.05. The van der Waals surface area contributed by atoms with Crippen LogP contribution in [-0.4, -0.2) is 24.8 Å². The standard InChI is InChI=1S/C21H26N2O4S/c24-13-17-7-10-20(22-12-17)23-21(25)19(11-15-3-1-2-4-15)18-8-5-16(6-9-18)14-28(26)27/h5-10,12,15,19,24H,1-4,11,13-14H2,(H,26,27)(H,22,23,25). The number of pyridine rings is 1. The summed E-state index contributed by atoms with van der Waals surface area (Å²) in [5, 5.41) is 12.0. The van der Waals surface area contributed by atoms with Gasteiger partial charge in [0.1, 0.15) is 5.82 Å². The van der Waals surface area contributed by atoms with E-state index in [-0.39, 0.29) is 24.2 Å². The van der Waals surface area contributed by atoms with E-state index in [4.69, 9.17) is 9.66 Å². The van der Waals surface area contributed by atoms with Gasteiger partial charge in [-0.25, -0.2) is 9.19 Å². The lowest BCUT2D eigenvalue weighted by atomic mass is 9.87. The quantitative estimate of drug-likeness (QED) is 0.586. The van der Waals surface area contributed by atoms with Crippen molar-refractivity contribution in [2.75, 3.05) is 5.32 Å². The van der Waals surface area contributed by atoms with Gasteiger partial charge in [-0.1, -0.05) is 56.0 Å². The molecular formula is C21H26N2O4S. The number of carbonyl (C=O) groups is 1. The number of hydrogen-bond donors (Lipinski definition) is 3. The second-order valence-corrected chi connectivity index (χ2v) is 8.28. The largest absolute Gasteiger partial charge is 0.392 e. The van der Waals surface area contributed by atoms with Crippen molar-refractivity contribution >= 4 is 22.8 Å². The minimum atomic E-state index is -1.88. The van der Waals surface area contributed by atoms with Crippen LogP contribution in [0.3, 0.4) is 0 Å². The Morgan fingerprint density at radius 1 is 1.14 bits per heavy atom. The molecule has 2 aromatic rings. The number of hydrogen-bond acceptors (Lipinski definition) is 4. The van der Waals surface area contributed by atoms with Gasteiger partial charge >= 0.3 is 0 Å². The zero-order valence-corrected chi connectivity index (χ0v) is 16.5. The summed E-state index contributed by atoms with van der Waals surface area (Å²) in [7, 11) is 0. The molecule has 6 nitrogen and oxygen atoms in total. The van der Waals surface area contributed by atoms with E-state index in [1.165, 1.54) is 12.8 Å². The molecule has 0 spiro atoms. The molecule has 3 rings (SSSR count). The van der Waals surface area contributed by atoms with Crippen LogP contribution in [0.2, 0.25) is 0 Å². The first-order valence-electron chi connectivity index (χ1n) is 9.58. The predicted octanol–water partition coefficient (Wildman–Crippen LogP) is 3.60. The van der Waals surface area contributed by atoms with Crippen LogP contribution in [0.4, 0.5) is 5.82 Å². The Morgan fingerprint density at radius 2 is 1.82 bits per heavy atom. The van der Waals surface area contributed by atoms with Crippen LogP contribution in [0.5, 0.6) is 0 Å². The number of benzene rings is 1. The Labute approximate surface area is 167 Å². The van der Waals surface area contributed by atoms with Crippen LogP contribution in [-0.2, 0) is 28.2 Å². The highest BCUT2D eigenvalue weighted by Crippen LogP contribution is 2.35. The second kappa shape index (κ2) is 9.91. The normalized spacial score (nSPS) is 16.6. The van der Waals surface area contributed by atoms with Gasteiger partial charge < -0.3 is 15.0 Å². The average molecular weight is 403 g/mol. The molecule has 0 saturated heterocycles. The zero-order valence-electron chi connectivity index (χ0n) is 15.7. The molecule has 0 bridgehead atoms. The molecule has 1 aromatic carbocycles. The monoisotopic (exact) mass is 402 g/mol. The highest BCUT2D eigenvalue weighted by atomic mass is 32.2. The molecule has 2 atom stereocenters. The third-order valence-corrected chi connectivity index (χ3v) is 5.87. The summed E-state index contributed by atoms with van der Waals surface area (Å²) in [5.74, 6) is 0.683. The third kappa shape index (κ3) is 5.70. The topological polar surface area (TPSA) is 99.5 Å². The Bertz CT molecular complexity index is 802. The molecule has 1 aliphatic carbocycles. The molecule has 1 saturated carbocycles. The summed E-state index contributed by atoms with van der Waals surface area (Å²) in [6, 6.07) is 10.8. The first-order chi connectivity index (χ1) is 13.5. The predicted molar refractivity (Wildman–Crippen MR) is 109 cm³/mol. The molecule has 1 heterocycles. The fourth-order valence-corrected chi connectivity index (χ4v) is 4.25. The summed E-state index contributed by atoms with van der Waals surface area (Å²) in [6.45, 7) is -0.0868. The molecule has 1 aromatic heterocycles. The molecule has 1 aliphatic rings. The Kier molecular flexibility index (Phi) is 7.30. The fourth-order valence-electron chi connectivity index (χ4n) is 3.77. The minimum absolute atomic E-state index is 0.0842. The van der Waals surface area contributed by atoms with Gasteiger partial charge in [-0.3, -0.25) is 4.79 Å². The Morgan fingerprint density at radius 3 is 2.39 bits per heavy atom. The van der Waals surface area contributed by atoms with Crippen LogP contribution < -0.4 is 5.32 Å². The number of aliphatic hydroxyl groups is 1. The molecule has 1 fully saturated rings. The number of amides is 1. The molecule has 1 amide bonds. The SMILES string of the molecule is O=C(Nc1ccc(CO)cn1)C(CC1CCCC1)c1ccc(CS(=O)O)cc1. The summed E-state index contributed by atoms with van der Waals surface area (Å²) in [5.41, 5.74) is 2.37. The molecule has 2 unspecified atom stereocenters. The number of aromatic nitrogens is 1. The lowest BCUT2D eigenvalue weighted by molar-refractivity contribution is -0.118. The van der Waals surface area contributed by atoms with Gasteiger partial charge in [0.15, 0.2) is 11.1 Å². The number of anilines is 1. The van der Waals surface area contributed by atoms with Crippen molar-refractivity contribution in [3.8, 4) is 0 Å². The van der Waals surface area contributed by atoms with Crippen molar-refractivity contribution in [1.29, 1.82) is 0 Å². The zero-order chi connectivity index (χ0) is 19.9. The maximum absolute atomic E-state index is 13.0. The molecule has 28 heavy (non-hydrogen) atoms. The molecule has 0 aliphatic heterocycles. The van der Waals surface area contributed by atoms with Crippen molar-refractivity contribution < 1.29 is 18.7 Å². The van der Waals surface area contributed by atoms with Crippen molar-refractivity contribution in [2.45, 2.75) is 50.4 Å². The van der Waals surface area contributed by atoms with E-state index in [9.17, 15) is 9.00 Å². The summed E-state index contributed by atoms with van der Waals surface area (Å²) >= 11 is -1.88. The van der Waals surface area contributed by atoms with Crippen LogP contribution >= 0.6 is 0 Å². The summed E-state index contributed by atoms with van der Waals surface area (Å²) < 4.78 is 20.0. The van der Waals surface area contributed by atoms with Gasteiger partial charge in [0.25, 0.3) is 0 Å². The van der Waals surface area contributed by atoms with Crippen LogP contribution in [0.15, 0.2) is 42.6 Å². The molecular weight excluding hydrogens is 376 g/mol. The average Bonchev–Trinajstić information content (AvgIpc) is 3.20. The van der Waals surface area contributed by atoms with Crippen molar-refractivity contribution in [1.82, 2.24) is 4.98 Å². The number of nitrogens with one attached hydrogen (secondary N) is 1. The van der Waals surface area contributed by atoms with Gasteiger partial charge in [0.05, 0.1) is 18.3 Å². The highest BCUT2D eigenvalue weighted by Gasteiger charge is 2.27. The van der Waals surface area contributed by atoms with E-state index in [1.807, 2.05) is 24.3 Å². The van der Waals surface area contributed by atoms with E-state index in [2.05, 4.69) is 10.3 Å². The first-order valence-corrected chi connectivity index (χ1v) is 10.9. The number of nitrogens with zero attached hydrogens (tertiary/aromatic N) is 1. The van der Waals surface area contributed by atoms with Crippen molar-refractivity contribution in [2.24, 2.45) is 5.92 Å². The first kappa shape index (κ1) is 20.6. The highest BCUT2D eigenvalue weighted by molar-refractivity contribution is 7.78. The van der Waals surface area contributed by atoms with E-state index in [0.717, 1.165) is 30.4 Å². The van der Waals surface area contributed by atoms with E-state index < -0.39 is 11.1 Å². The molecule has 150 valence electrons. The Hall–Kier alpha value is -2.09. The Balaban J connectivity index is 1.76. The maximum Gasteiger partial charge on any atom is 0.233 e. The van der Waals surface area contributed by atoms with Crippen LogP contribution in [0, 0.1) is 5.92 Å². The third-order valence-electron chi connectivity index (χ3n) is 5.29.